The van der Waals surface area contributed by atoms with E-state index in [4.69, 9.17) is 14.0 Å². The van der Waals surface area contributed by atoms with Crippen molar-refractivity contribution in [1.82, 2.24) is 14.5 Å². The predicted octanol–water partition coefficient (Wildman–Crippen LogP) is 7.59. The predicted molar refractivity (Wildman–Crippen MR) is 221 cm³/mol. The van der Waals surface area contributed by atoms with Gasteiger partial charge in [0.05, 0.1) is 25.7 Å². The second-order valence-corrected chi connectivity index (χ2v) is 15.9. The minimum atomic E-state index is -3.14. The fourth-order valence-electron chi connectivity index (χ4n) is 6.90. The SMILES string of the molecule is CCOP(=O)(Cc1ccc(-[n+]2ccc(-c3cc[n+](Cc4cccc(C[n+]5ccc(-c6cc[n+](-c7ccc(-n8ccnc8)cc7)cc6)cc5)n4)cc3)cc2)cc1)OCC. The second kappa shape index (κ2) is 17.8. The van der Waals surface area contributed by atoms with Gasteiger partial charge in [-0.15, -0.1) is 0 Å². The van der Waals surface area contributed by atoms with Crippen molar-refractivity contribution in [2.75, 3.05) is 13.2 Å². The molecule has 0 aliphatic carbocycles. The van der Waals surface area contributed by atoms with Gasteiger partial charge in [-0.3, -0.25) is 4.57 Å². The van der Waals surface area contributed by atoms with Crippen molar-refractivity contribution in [3.63, 3.8) is 0 Å². The molecule has 0 amide bonds. The molecule has 0 fully saturated rings. The Bertz CT molecular complexity index is 2590. The van der Waals surface area contributed by atoms with Crippen molar-refractivity contribution >= 4 is 7.60 Å². The van der Waals surface area contributed by atoms with Crippen molar-refractivity contribution in [1.29, 1.82) is 0 Å². The van der Waals surface area contributed by atoms with Crippen LogP contribution in [0.4, 0.5) is 0 Å². The van der Waals surface area contributed by atoms with E-state index in [-0.39, 0.29) is 6.16 Å². The quantitative estimate of drug-likeness (QED) is 0.0791. The molecule has 0 bridgehead atoms. The summed E-state index contributed by atoms with van der Waals surface area (Å²) in [6.07, 6.45) is 22.5. The summed E-state index contributed by atoms with van der Waals surface area (Å²) in [6.45, 7) is 5.72. The lowest BCUT2D eigenvalue weighted by atomic mass is 10.1. The highest BCUT2D eigenvalue weighted by Crippen LogP contribution is 2.51. The maximum atomic E-state index is 12.9. The monoisotopic (exact) mass is 787 g/mol. The first-order valence-electron chi connectivity index (χ1n) is 19.5. The summed E-state index contributed by atoms with van der Waals surface area (Å²) in [5, 5.41) is 0. The van der Waals surface area contributed by atoms with Gasteiger partial charge in [-0.25, -0.2) is 9.97 Å². The molecule has 8 rings (SSSR count). The van der Waals surface area contributed by atoms with E-state index in [1.165, 1.54) is 0 Å². The smallest absolute Gasteiger partial charge is 0.309 e. The van der Waals surface area contributed by atoms with E-state index in [2.05, 4.69) is 164 Å². The molecule has 0 unspecified atom stereocenters. The summed E-state index contributed by atoms with van der Waals surface area (Å²) in [5.41, 5.74) is 10.7. The highest BCUT2D eigenvalue weighted by Gasteiger charge is 2.24. The third-order valence-electron chi connectivity index (χ3n) is 9.87. The molecule has 0 spiro atoms. The maximum Gasteiger partial charge on any atom is 0.335 e. The Kier molecular flexibility index (Phi) is 11.8. The van der Waals surface area contributed by atoms with Crippen molar-refractivity contribution in [3.05, 3.63) is 201 Å². The van der Waals surface area contributed by atoms with Crippen LogP contribution in [0.3, 0.4) is 0 Å². The van der Waals surface area contributed by atoms with E-state index >= 15 is 0 Å². The van der Waals surface area contributed by atoms with Gasteiger partial charge >= 0.3 is 7.60 Å². The van der Waals surface area contributed by atoms with Crippen molar-refractivity contribution in [3.8, 4) is 39.3 Å². The van der Waals surface area contributed by atoms with Crippen molar-refractivity contribution < 1.29 is 31.9 Å². The highest BCUT2D eigenvalue weighted by atomic mass is 31.2. The van der Waals surface area contributed by atoms with Crippen LogP contribution in [0.1, 0.15) is 30.8 Å². The topological polar surface area (TPSA) is 81.8 Å². The van der Waals surface area contributed by atoms with E-state index in [0.717, 1.165) is 56.3 Å². The standard InChI is InChI=1S/C47H46N7O3P/c1-3-56-58(55,57-4-2)36-38-8-10-45(11-9-38)52-29-20-41(21-30-52)39-16-25-50(26-17-39)34-43-6-5-7-44(49-43)35-51-27-18-40(19-28-51)42-22-31-53(32-23-42)46-12-14-47(15-13-46)54-33-24-48-37-54/h5-33,37H,3-4,34-36H2,1-2H3/q+4. The van der Waals surface area contributed by atoms with Gasteiger partial charge in [-0.2, -0.15) is 18.3 Å². The van der Waals surface area contributed by atoms with E-state index in [9.17, 15) is 4.57 Å². The molecule has 288 valence electrons. The Morgan fingerprint density at radius 1 is 0.569 bits per heavy atom. The van der Waals surface area contributed by atoms with Crippen LogP contribution in [-0.4, -0.2) is 27.7 Å². The van der Waals surface area contributed by atoms with E-state index in [1.807, 2.05) is 48.9 Å². The van der Waals surface area contributed by atoms with E-state index in [0.29, 0.717) is 26.3 Å². The van der Waals surface area contributed by atoms with Gasteiger partial charge in [0, 0.05) is 90.9 Å². The van der Waals surface area contributed by atoms with Crippen LogP contribution in [0.15, 0.2) is 184 Å². The van der Waals surface area contributed by atoms with Crippen LogP contribution in [-0.2, 0) is 32.9 Å². The van der Waals surface area contributed by atoms with Gasteiger partial charge in [0.15, 0.2) is 62.7 Å². The van der Waals surface area contributed by atoms with Crippen LogP contribution in [0.25, 0.3) is 39.3 Å². The van der Waals surface area contributed by atoms with E-state index < -0.39 is 7.60 Å². The third kappa shape index (κ3) is 9.39. The zero-order valence-electron chi connectivity index (χ0n) is 32.7. The number of aromatic nitrogens is 7. The van der Waals surface area contributed by atoms with Gasteiger partial charge in [-0.05, 0) is 65.9 Å². The molecule has 0 aliphatic rings. The number of pyridine rings is 5. The summed E-state index contributed by atoms with van der Waals surface area (Å²) in [7, 11) is -3.14. The molecule has 0 aliphatic heterocycles. The molecule has 0 radical (unpaired) electrons. The summed E-state index contributed by atoms with van der Waals surface area (Å²) in [4.78, 5) is 9.12. The molecular formula is C47H46N7O3P+4. The van der Waals surface area contributed by atoms with Gasteiger partial charge in [-0.1, -0.05) is 18.2 Å². The minimum Gasteiger partial charge on any atom is -0.309 e. The van der Waals surface area contributed by atoms with Crippen LogP contribution in [0.2, 0.25) is 0 Å². The molecular weight excluding hydrogens is 742 g/mol. The van der Waals surface area contributed by atoms with Crippen LogP contribution in [0.5, 0.6) is 0 Å². The molecule has 0 saturated carbocycles. The molecule has 2 aromatic carbocycles. The zero-order valence-corrected chi connectivity index (χ0v) is 33.6. The van der Waals surface area contributed by atoms with Crippen molar-refractivity contribution in [2.24, 2.45) is 0 Å². The second-order valence-electron chi connectivity index (χ2n) is 13.9. The van der Waals surface area contributed by atoms with Crippen LogP contribution >= 0.6 is 7.60 Å². The summed E-state index contributed by atoms with van der Waals surface area (Å²) < 4.78 is 34.3. The highest BCUT2D eigenvalue weighted by molar-refractivity contribution is 7.53. The van der Waals surface area contributed by atoms with Gasteiger partial charge in [0.2, 0.25) is 11.4 Å². The Morgan fingerprint density at radius 3 is 1.45 bits per heavy atom. The lowest BCUT2D eigenvalue weighted by Crippen LogP contribution is -2.35. The number of benzene rings is 2. The van der Waals surface area contributed by atoms with Gasteiger partial charge in [0.25, 0.3) is 0 Å². The number of hydrogen-bond donors (Lipinski definition) is 0. The molecule has 0 atom stereocenters. The fourth-order valence-corrected chi connectivity index (χ4v) is 8.60. The summed E-state index contributed by atoms with van der Waals surface area (Å²) >= 11 is 0. The molecule has 11 heteroatoms. The first-order valence-corrected chi connectivity index (χ1v) is 21.2. The molecule has 10 nitrogen and oxygen atoms in total. The Hall–Kier alpha value is -6.45. The lowest BCUT2D eigenvalue weighted by Gasteiger charge is -2.16. The fraction of sp³-hybridized carbons (Fsp3) is 0.149. The number of imidazole rings is 1. The van der Waals surface area contributed by atoms with Crippen molar-refractivity contribution in [2.45, 2.75) is 33.1 Å². The Balaban J connectivity index is 0.852. The Labute approximate surface area is 339 Å². The number of rotatable bonds is 15. The molecule has 8 aromatic rings. The number of nitrogens with zero attached hydrogens (tertiary/aromatic N) is 7. The lowest BCUT2D eigenvalue weighted by molar-refractivity contribution is -0.690. The average Bonchev–Trinajstić information content (AvgIpc) is 3.81. The average molecular weight is 788 g/mol. The normalized spacial score (nSPS) is 11.5. The van der Waals surface area contributed by atoms with E-state index in [1.54, 1.807) is 12.5 Å². The van der Waals surface area contributed by atoms with Crippen LogP contribution < -0.4 is 18.3 Å². The molecule has 6 heterocycles. The largest absolute Gasteiger partial charge is 0.335 e. The summed E-state index contributed by atoms with van der Waals surface area (Å²) in [6, 6.07) is 39.7. The zero-order chi connectivity index (χ0) is 39.7. The molecule has 6 aromatic heterocycles. The van der Waals surface area contributed by atoms with Gasteiger partial charge < -0.3 is 13.6 Å². The maximum absolute atomic E-state index is 12.9. The minimum absolute atomic E-state index is 0.255. The number of hydrogen-bond acceptors (Lipinski definition) is 5. The first-order chi connectivity index (χ1) is 28.4. The Morgan fingerprint density at radius 2 is 1.02 bits per heavy atom. The van der Waals surface area contributed by atoms with Gasteiger partial charge in [0.1, 0.15) is 11.4 Å². The summed E-state index contributed by atoms with van der Waals surface area (Å²) in [5.74, 6) is 0. The third-order valence-corrected chi connectivity index (χ3v) is 11.9. The van der Waals surface area contributed by atoms with Crippen LogP contribution in [0, 0.1) is 0 Å². The first kappa shape index (κ1) is 38.4. The molecule has 0 saturated heterocycles. The molecule has 58 heavy (non-hydrogen) atoms. The molecule has 0 N–H and O–H groups in total.